The Labute approximate surface area is 281 Å². The van der Waals surface area contributed by atoms with E-state index in [0.29, 0.717) is 48.8 Å². The molecule has 2 amide bonds. The average Bonchev–Trinajstić information content (AvgIpc) is 3.65. The Morgan fingerprint density at radius 2 is 1.68 bits per heavy atom. The lowest BCUT2D eigenvalue weighted by Crippen LogP contribution is -2.50. The summed E-state index contributed by atoms with van der Waals surface area (Å²) in [4.78, 5) is 36.2. The second kappa shape index (κ2) is 15.6. The smallest absolute Gasteiger partial charge is 0.251 e. The first-order valence-corrected chi connectivity index (χ1v) is 16.1. The number of aryl methyl sites for hydroxylation is 1. The van der Waals surface area contributed by atoms with Gasteiger partial charge in [0.15, 0.2) is 0 Å². The summed E-state index contributed by atoms with van der Waals surface area (Å²) in [7, 11) is 0. The van der Waals surface area contributed by atoms with E-state index in [9.17, 15) is 9.59 Å². The molecule has 0 unspecified atom stereocenters. The molecule has 0 spiro atoms. The van der Waals surface area contributed by atoms with Crippen LogP contribution in [0.5, 0.6) is 0 Å². The number of benzene rings is 2. The van der Waals surface area contributed by atoms with Gasteiger partial charge in [-0.15, -0.1) is 22.6 Å². The lowest BCUT2D eigenvalue weighted by Gasteiger charge is -2.32. The molecule has 12 nitrogen and oxygen atoms in total. The van der Waals surface area contributed by atoms with Gasteiger partial charge in [0.05, 0.1) is 11.7 Å². The summed E-state index contributed by atoms with van der Waals surface area (Å²) in [6.45, 7) is 6.54. The number of nitrogens with two attached hydrogens (primary N) is 2. The second-order valence-corrected chi connectivity index (χ2v) is 12.3. The lowest BCUT2D eigenvalue weighted by atomic mass is 9.81. The highest BCUT2D eigenvalue weighted by Gasteiger charge is 2.35. The van der Waals surface area contributed by atoms with Crippen molar-refractivity contribution in [3.63, 3.8) is 0 Å². The molecule has 3 heterocycles. The zero-order valence-electron chi connectivity index (χ0n) is 26.6. The number of carbonyl (C=O) groups is 2. The van der Waals surface area contributed by atoms with E-state index < -0.39 is 11.9 Å². The van der Waals surface area contributed by atoms with Crippen LogP contribution >= 0.6 is 12.4 Å². The van der Waals surface area contributed by atoms with E-state index in [4.69, 9.17) is 16.5 Å². The van der Waals surface area contributed by atoms with Gasteiger partial charge in [0.25, 0.3) is 5.91 Å². The Morgan fingerprint density at radius 3 is 2.30 bits per heavy atom. The van der Waals surface area contributed by atoms with Crippen molar-refractivity contribution in [2.75, 3.05) is 42.5 Å². The highest BCUT2D eigenvalue weighted by Crippen LogP contribution is 2.32. The molecule has 13 heteroatoms. The molecule has 248 valence electrons. The number of imide groups is 1. The van der Waals surface area contributed by atoms with Crippen LogP contribution in [0.25, 0.3) is 22.5 Å². The van der Waals surface area contributed by atoms with Crippen LogP contribution < -0.4 is 26.6 Å². The maximum atomic E-state index is 14.0. The molecule has 2 aromatic heterocycles. The molecule has 2 aliphatic rings. The van der Waals surface area contributed by atoms with Crippen LogP contribution in [0.4, 0.5) is 11.5 Å². The molecule has 1 atom stereocenters. The summed E-state index contributed by atoms with van der Waals surface area (Å²) < 4.78 is 0. The standard InChI is InChI=1S/C34H42N10O2.ClH/c1-22-18-31(43-16-14-37-15-17-43)38-21-29(22)25-6-2-23(3-7-25)19-30(36)34(46)44(33(45)27-8-4-24(20-35)5-9-27)28-12-10-26(11-13-28)32-39-41-42-40-32;/h2-3,6-7,10-13,18,21,24,27,30,37H,4-5,8-9,14-17,19-20,35-36H2,1H3,(H,39,40,41,42);1H/t24-,27-,30-;/m0./s1. The number of aromatic amines is 1. The van der Waals surface area contributed by atoms with Gasteiger partial charge in [0, 0.05) is 49.4 Å². The first kappa shape index (κ1) is 34.1. The third-order valence-electron chi connectivity index (χ3n) is 9.27. The summed E-state index contributed by atoms with van der Waals surface area (Å²) in [5, 5.41) is 17.5. The molecular formula is C34H43ClN10O2. The summed E-state index contributed by atoms with van der Waals surface area (Å²) in [5.74, 6) is 0.941. The molecule has 1 aliphatic heterocycles. The second-order valence-electron chi connectivity index (χ2n) is 12.3. The van der Waals surface area contributed by atoms with E-state index in [2.05, 4.69) is 43.8 Å². The van der Waals surface area contributed by atoms with Crippen LogP contribution in [-0.4, -0.2) is 76.2 Å². The number of tetrazole rings is 1. The largest absolute Gasteiger partial charge is 0.354 e. The topological polar surface area (TPSA) is 172 Å². The van der Waals surface area contributed by atoms with E-state index >= 15 is 0 Å². The van der Waals surface area contributed by atoms with Crippen molar-refractivity contribution < 1.29 is 9.59 Å². The number of rotatable bonds is 9. The average molecular weight is 659 g/mol. The SMILES string of the molecule is Cc1cc(N2CCNCC2)ncc1-c1ccc(C[C@H](N)C(=O)N(c2ccc(-c3nn[nH]n3)cc2)C(=O)[C@H]2CC[C@H](CN)CC2)cc1.Cl. The zero-order valence-corrected chi connectivity index (χ0v) is 27.5. The van der Waals surface area contributed by atoms with E-state index in [1.807, 2.05) is 30.5 Å². The Hall–Kier alpha value is -4.23. The number of hydrogen-bond donors (Lipinski definition) is 4. The number of carbonyl (C=O) groups excluding carboxylic acids is 2. The van der Waals surface area contributed by atoms with Crippen molar-refractivity contribution in [2.45, 2.75) is 45.1 Å². The number of anilines is 2. The number of nitrogens with zero attached hydrogens (tertiary/aromatic N) is 6. The molecular weight excluding hydrogens is 616 g/mol. The number of H-pyrrole nitrogens is 1. The van der Waals surface area contributed by atoms with Gasteiger partial charge in [-0.2, -0.15) is 5.21 Å². The predicted octanol–water partition coefficient (Wildman–Crippen LogP) is 3.26. The van der Waals surface area contributed by atoms with Crippen LogP contribution in [-0.2, 0) is 16.0 Å². The van der Waals surface area contributed by atoms with Gasteiger partial charge >= 0.3 is 0 Å². The van der Waals surface area contributed by atoms with Crippen molar-refractivity contribution in [2.24, 2.45) is 23.3 Å². The van der Waals surface area contributed by atoms with Crippen molar-refractivity contribution in [3.05, 3.63) is 71.9 Å². The minimum atomic E-state index is -0.909. The Morgan fingerprint density at radius 1 is 1.00 bits per heavy atom. The molecule has 0 bridgehead atoms. The third-order valence-corrected chi connectivity index (χ3v) is 9.27. The molecule has 1 saturated carbocycles. The number of amides is 2. The van der Waals surface area contributed by atoms with Crippen LogP contribution in [0.3, 0.4) is 0 Å². The van der Waals surface area contributed by atoms with Gasteiger partial charge in [0.2, 0.25) is 11.7 Å². The van der Waals surface area contributed by atoms with Gasteiger partial charge in [-0.05, 0) is 104 Å². The number of aromatic nitrogens is 5. The first-order valence-electron chi connectivity index (χ1n) is 16.1. The minimum absolute atomic E-state index is 0. The van der Waals surface area contributed by atoms with Gasteiger partial charge in [-0.25, -0.2) is 9.88 Å². The zero-order chi connectivity index (χ0) is 32.0. The Bertz CT molecular complexity index is 1620. The molecule has 47 heavy (non-hydrogen) atoms. The van der Waals surface area contributed by atoms with Crippen molar-refractivity contribution >= 4 is 35.7 Å². The molecule has 4 aromatic rings. The van der Waals surface area contributed by atoms with Gasteiger partial charge in [-0.1, -0.05) is 24.3 Å². The fourth-order valence-electron chi connectivity index (χ4n) is 6.47. The highest BCUT2D eigenvalue weighted by atomic mass is 35.5. The van der Waals surface area contributed by atoms with Gasteiger partial charge < -0.3 is 21.7 Å². The summed E-state index contributed by atoms with van der Waals surface area (Å²) in [6, 6.07) is 16.3. The third kappa shape index (κ3) is 7.84. The highest BCUT2D eigenvalue weighted by molar-refractivity contribution is 6.17. The summed E-state index contributed by atoms with van der Waals surface area (Å²) in [6.07, 6.45) is 5.38. The maximum absolute atomic E-state index is 14.0. The predicted molar refractivity (Wildman–Crippen MR) is 185 cm³/mol. The molecule has 1 saturated heterocycles. The van der Waals surface area contributed by atoms with Gasteiger partial charge in [-0.3, -0.25) is 9.59 Å². The fraction of sp³-hybridized carbons (Fsp3) is 0.412. The number of pyridine rings is 1. The van der Waals surface area contributed by atoms with Crippen LogP contribution in [0.15, 0.2) is 60.8 Å². The van der Waals surface area contributed by atoms with Crippen molar-refractivity contribution in [1.82, 2.24) is 30.9 Å². The van der Waals surface area contributed by atoms with E-state index in [1.54, 1.807) is 24.3 Å². The van der Waals surface area contributed by atoms with Gasteiger partial charge in [0.1, 0.15) is 5.82 Å². The number of halogens is 1. The minimum Gasteiger partial charge on any atom is -0.354 e. The first-order chi connectivity index (χ1) is 22.4. The van der Waals surface area contributed by atoms with Crippen LogP contribution in [0.2, 0.25) is 0 Å². The number of nitrogens with one attached hydrogen (secondary N) is 2. The van der Waals surface area contributed by atoms with Crippen molar-refractivity contribution in [1.29, 1.82) is 0 Å². The number of hydrogen-bond acceptors (Lipinski definition) is 10. The van der Waals surface area contributed by atoms with E-state index in [-0.39, 0.29) is 24.2 Å². The molecule has 2 aromatic carbocycles. The monoisotopic (exact) mass is 658 g/mol. The lowest BCUT2D eigenvalue weighted by molar-refractivity contribution is -0.130. The summed E-state index contributed by atoms with van der Waals surface area (Å²) in [5.41, 5.74) is 17.8. The maximum Gasteiger partial charge on any atom is 0.251 e. The Kier molecular flexibility index (Phi) is 11.3. The molecule has 6 rings (SSSR count). The normalized spacial score (nSPS) is 18.7. The van der Waals surface area contributed by atoms with Crippen molar-refractivity contribution in [3.8, 4) is 22.5 Å². The van der Waals surface area contributed by atoms with Crippen LogP contribution in [0, 0.1) is 18.8 Å². The van der Waals surface area contributed by atoms with E-state index in [1.165, 1.54) is 4.90 Å². The quantitative estimate of drug-likeness (QED) is 0.209. The molecule has 2 fully saturated rings. The fourth-order valence-corrected chi connectivity index (χ4v) is 6.47. The molecule has 6 N–H and O–H groups in total. The number of piperazine rings is 1. The van der Waals surface area contributed by atoms with E-state index in [0.717, 1.165) is 67.1 Å². The molecule has 1 aliphatic carbocycles. The molecule has 0 radical (unpaired) electrons. The Balaban J connectivity index is 0.00000433. The van der Waals surface area contributed by atoms with Crippen LogP contribution in [0.1, 0.15) is 36.8 Å². The summed E-state index contributed by atoms with van der Waals surface area (Å²) >= 11 is 0.